The zero-order valence-corrected chi connectivity index (χ0v) is 12.3. The van der Waals surface area contributed by atoms with Crippen molar-refractivity contribution in [3.63, 3.8) is 0 Å². The summed E-state index contributed by atoms with van der Waals surface area (Å²) in [4.78, 5) is 9.87. The fourth-order valence-electron chi connectivity index (χ4n) is 1.66. The molecule has 1 rings (SSSR count). The molecule has 1 fully saturated rings. The number of alkyl halides is 2. The van der Waals surface area contributed by atoms with Gasteiger partial charge in [-0.2, -0.15) is 0 Å². The number of aldehydes is 1. The lowest BCUT2D eigenvalue weighted by Gasteiger charge is -2.37. The van der Waals surface area contributed by atoms with Gasteiger partial charge in [0.2, 0.25) is 0 Å². The number of carbonyl (C=O) groups is 1. The molecule has 0 amide bonds. The molecule has 0 aromatic heterocycles. The first kappa shape index (κ1) is 23.2. The SMILES string of the molecule is O=C[C@H](O)[C@@H](O)[C@H](O)[C@H](O)CF.OC1O[C@H](CF)[C@@H](O)[C@H](O)[C@H]1O. The van der Waals surface area contributed by atoms with Gasteiger partial charge >= 0.3 is 0 Å². The Bertz CT molecular complexity index is 358. The van der Waals surface area contributed by atoms with Crippen LogP contribution in [0.25, 0.3) is 0 Å². The van der Waals surface area contributed by atoms with Gasteiger partial charge in [-0.05, 0) is 0 Å². The van der Waals surface area contributed by atoms with E-state index in [2.05, 4.69) is 4.74 Å². The maximum absolute atomic E-state index is 12.0. The number of aliphatic hydroxyl groups excluding tert-OH is 8. The summed E-state index contributed by atoms with van der Waals surface area (Å²) in [5.41, 5.74) is 0. The van der Waals surface area contributed by atoms with Crippen LogP contribution in [0.2, 0.25) is 0 Å². The highest BCUT2D eigenvalue weighted by atomic mass is 19.1. The number of carbonyl (C=O) groups excluding carboxylic acids is 1. The molecule has 0 saturated carbocycles. The molecule has 0 radical (unpaired) electrons. The largest absolute Gasteiger partial charge is 0.388 e. The molecule has 0 aromatic rings. The van der Waals surface area contributed by atoms with Crippen molar-refractivity contribution in [1.82, 2.24) is 0 Å². The Balaban J connectivity index is 0.000000441. The van der Waals surface area contributed by atoms with E-state index in [1.165, 1.54) is 0 Å². The monoisotopic (exact) mass is 364 g/mol. The Morgan fingerprint density at radius 3 is 1.88 bits per heavy atom. The molecule has 1 heterocycles. The Morgan fingerprint density at radius 1 is 0.917 bits per heavy atom. The van der Waals surface area contributed by atoms with E-state index in [0.717, 1.165) is 0 Å². The van der Waals surface area contributed by atoms with E-state index in [-0.39, 0.29) is 6.29 Å². The van der Waals surface area contributed by atoms with Crippen molar-refractivity contribution in [2.45, 2.75) is 55.1 Å². The highest BCUT2D eigenvalue weighted by molar-refractivity contribution is 5.56. The fourth-order valence-corrected chi connectivity index (χ4v) is 1.66. The third-order valence-corrected chi connectivity index (χ3v) is 3.23. The highest BCUT2D eigenvalue weighted by Crippen LogP contribution is 2.19. The first-order valence-corrected chi connectivity index (χ1v) is 6.79. The standard InChI is InChI=1S/2C6H11FO5/c7-1-2-3(8)4(9)5(10)6(11)12-2;7-1-3(9)5(11)6(12)4(10)2-8/h2-6,8-11H,1H2;2-6,9-12H,1H2/t2-,3-,4+,5-,6?;3-,4+,5-,6-/m11/s1. The van der Waals surface area contributed by atoms with Crippen molar-refractivity contribution in [2.75, 3.05) is 13.3 Å². The maximum atomic E-state index is 12.0. The van der Waals surface area contributed by atoms with Crippen LogP contribution in [-0.4, -0.2) is 116 Å². The van der Waals surface area contributed by atoms with E-state index in [0.29, 0.717) is 0 Å². The zero-order chi connectivity index (χ0) is 19.0. The van der Waals surface area contributed by atoms with Gasteiger partial charge in [0.15, 0.2) is 12.6 Å². The molecule has 1 saturated heterocycles. The molecule has 1 aliphatic heterocycles. The molecule has 0 bridgehead atoms. The van der Waals surface area contributed by atoms with Gasteiger partial charge < -0.3 is 50.4 Å². The molecule has 10 nitrogen and oxygen atoms in total. The molecule has 0 aromatic carbocycles. The maximum Gasteiger partial charge on any atom is 0.184 e. The number of halogens is 2. The van der Waals surface area contributed by atoms with Crippen molar-refractivity contribution in [3.05, 3.63) is 0 Å². The van der Waals surface area contributed by atoms with Gasteiger partial charge in [0.25, 0.3) is 0 Å². The van der Waals surface area contributed by atoms with Gasteiger partial charge in [0, 0.05) is 0 Å². The lowest BCUT2D eigenvalue weighted by Crippen LogP contribution is -2.58. The summed E-state index contributed by atoms with van der Waals surface area (Å²) in [6.07, 6.45) is -15.0. The van der Waals surface area contributed by atoms with E-state index in [1.54, 1.807) is 0 Å². The van der Waals surface area contributed by atoms with Gasteiger partial charge in [-0.1, -0.05) is 0 Å². The summed E-state index contributed by atoms with van der Waals surface area (Å²) in [5.74, 6) is 0. The number of ether oxygens (including phenoxy) is 1. The van der Waals surface area contributed by atoms with Crippen LogP contribution < -0.4 is 0 Å². The molecule has 9 atom stereocenters. The molecule has 8 N–H and O–H groups in total. The third kappa shape index (κ3) is 6.23. The molecule has 12 heteroatoms. The molecule has 1 unspecified atom stereocenters. The molecule has 144 valence electrons. The summed E-state index contributed by atoms with van der Waals surface area (Å²) >= 11 is 0. The number of hydrogen-bond donors (Lipinski definition) is 8. The first-order chi connectivity index (χ1) is 11.1. The summed E-state index contributed by atoms with van der Waals surface area (Å²) in [5, 5.41) is 70.7. The van der Waals surface area contributed by atoms with Crippen LogP contribution in [0.15, 0.2) is 0 Å². The van der Waals surface area contributed by atoms with E-state index in [9.17, 15) is 13.6 Å². The summed E-state index contributed by atoms with van der Waals surface area (Å²) in [7, 11) is 0. The minimum Gasteiger partial charge on any atom is -0.388 e. The van der Waals surface area contributed by atoms with Crippen LogP contribution in [0.1, 0.15) is 0 Å². The Hall–Kier alpha value is -0.830. The van der Waals surface area contributed by atoms with Crippen molar-refractivity contribution in [2.24, 2.45) is 0 Å². The van der Waals surface area contributed by atoms with Crippen LogP contribution in [0.5, 0.6) is 0 Å². The van der Waals surface area contributed by atoms with Crippen LogP contribution in [0.3, 0.4) is 0 Å². The molecule has 0 aliphatic carbocycles. The fraction of sp³-hybridized carbons (Fsp3) is 0.917. The van der Waals surface area contributed by atoms with E-state index < -0.39 is 68.5 Å². The average molecular weight is 364 g/mol. The topological polar surface area (TPSA) is 188 Å². The summed E-state index contributed by atoms with van der Waals surface area (Å²) < 4.78 is 28.1. The second-order valence-corrected chi connectivity index (χ2v) is 5.02. The van der Waals surface area contributed by atoms with Gasteiger partial charge in [-0.25, -0.2) is 8.78 Å². The predicted molar refractivity (Wildman–Crippen MR) is 70.9 cm³/mol. The van der Waals surface area contributed by atoms with Crippen molar-refractivity contribution in [1.29, 1.82) is 0 Å². The van der Waals surface area contributed by atoms with Crippen LogP contribution >= 0.6 is 0 Å². The van der Waals surface area contributed by atoms with Gasteiger partial charge in [-0.3, -0.25) is 0 Å². The summed E-state index contributed by atoms with van der Waals surface area (Å²) in [6.45, 7) is -2.29. The molecular weight excluding hydrogens is 342 g/mol. The van der Waals surface area contributed by atoms with Crippen molar-refractivity contribution in [3.8, 4) is 0 Å². The van der Waals surface area contributed by atoms with Crippen molar-refractivity contribution >= 4 is 6.29 Å². The van der Waals surface area contributed by atoms with Crippen LogP contribution in [-0.2, 0) is 9.53 Å². The molecule has 0 spiro atoms. The molecule has 1 aliphatic rings. The lowest BCUT2D eigenvalue weighted by molar-refractivity contribution is -0.283. The highest BCUT2D eigenvalue weighted by Gasteiger charge is 2.42. The van der Waals surface area contributed by atoms with Crippen LogP contribution in [0.4, 0.5) is 8.78 Å². The number of rotatable bonds is 6. The average Bonchev–Trinajstić information content (AvgIpc) is 2.60. The normalized spacial score (nSPS) is 35.2. The number of hydrogen-bond acceptors (Lipinski definition) is 10. The Labute approximate surface area is 135 Å². The minimum atomic E-state index is -1.87. The van der Waals surface area contributed by atoms with Crippen LogP contribution in [0, 0.1) is 0 Å². The van der Waals surface area contributed by atoms with Gasteiger partial charge in [-0.15, -0.1) is 0 Å². The quantitative estimate of drug-likeness (QED) is 0.213. The predicted octanol–water partition coefficient (Wildman–Crippen LogP) is -4.65. The van der Waals surface area contributed by atoms with Gasteiger partial charge in [0.1, 0.15) is 62.2 Å². The van der Waals surface area contributed by atoms with E-state index in [4.69, 9.17) is 40.9 Å². The molecular formula is C12H22F2O10. The Morgan fingerprint density at radius 2 is 1.46 bits per heavy atom. The first-order valence-electron chi connectivity index (χ1n) is 6.79. The smallest absolute Gasteiger partial charge is 0.184 e. The third-order valence-electron chi connectivity index (χ3n) is 3.23. The van der Waals surface area contributed by atoms with E-state index in [1.807, 2.05) is 0 Å². The Kier molecular flexibility index (Phi) is 10.5. The lowest BCUT2D eigenvalue weighted by atomic mass is 10.00. The molecule has 24 heavy (non-hydrogen) atoms. The second kappa shape index (κ2) is 10.9. The number of aliphatic hydroxyl groups is 8. The minimum absolute atomic E-state index is 0.0150. The second-order valence-electron chi connectivity index (χ2n) is 5.02. The van der Waals surface area contributed by atoms with E-state index >= 15 is 0 Å². The zero-order valence-electron chi connectivity index (χ0n) is 12.3. The van der Waals surface area contributed by atoms with Crippen molar-refractivity contribution < 1.29 is 59.2 Å². The van der Waals surface area contributed by atoms with Gasteiger partial charge in [0.05, 0.1) is 0 Å². The summed E-state index contributed by atoms with van der Waals surface area (Å²) in [6, 6.07) is 0.